The highest BCUT2D eigenvalue weighted by atomic mass is 19.4. The van der Waals surface area contributed by atoms with E-state index in [0.717, 1.165) is 12.4 Å². The first kappa shape index (κ1) is 12.0. The molecule has 1 saturated heterocycles. The second-order valence-corrected chi connectivity index (χ2v) is 3.59. The van der Waals surface area contributed by atoms with Crippen molar-refractivity contribution in [2.45, 2.75) is 18.4 Å². The van der Waals surface area contributed by atoms with Gasteiger partial charge >= 0.3 is 6.18 Å². The predicted octanol–water partition coefficient (Wildman–Crippen LogP) is 1.64. The quantitative estimate of drug-likeness (QED) is 0.812. The van der Waals surface area contributed by atoms with Gasteiger partial charge in [0.15, 0.2) is 0 Å². The van der Waals surface area contributed by atoms with Crippen LogP contribution < -0.4 is 5.32 Å². The zero-order valence-electron chi connectivity index (χ0n) is 8.54. The predicted molar refractivity (Wildman–Crippen MR) is 50.2 cm³/mol. The second kappa shape index (κ2) is 4.44. The number of rotatable bonds is 2. The number of ether oxygens (including phenoxy) is 1. The summed E-state index contributed by atoms with van der Waals surface area (Å²) in [6.45, 7) is 0.0431. The van der Waals surface area contributed by atoms with Gasteiger partial charge in [-0.15, -0.1) is 0 Å². The van der Waals surface area contributed by atoms with E-state index in [1.807, 2.05) is 0 Å². The van der Waals surface area contributed by atoms with E-state index in [-0.39, 0.29) is 19.0 Å². The van der Waals surface area contributed by atoms with Gasteiger partial charge in [0.05, 0.1) is 19.3 Å². The summed E-state index contributed by atoms with van der Waals surface area (Å²) in [6.07, 6.45) is -5.01. The Balaban J connectivity index is 2.11. The molecule has 94 valence electrons. The van der Waals surface area contributed by atoms with Crippen LogP contribution in [0.1, 0.15) is 5.69 Å². The Morgan fingerprint density at radius 3 is 2.65 bits per heavy atom. The number of nitrogens with one attached hydrogen (secondary N) is 1. The van der Waals surface area contributed by atoms with E-state index in [2.05, 4.69) is 15.3 Å². The minimum atomic E-state index is -4.54. The van der Waals surface area contributed by atoms with Crippen molar-refractivity contribution in [2.24, 2.45) is 0 Å². The van der Waals surface area contributed by atoms with Crippen molar-refractivity contribution in [2.75, 3.05) is 18.5 Å². The lowest BCUT2D eigenvalue weighted by molar-refractivity contribution is -0.141. The minimum Gasteiger partial charge on any atom is -0.376 e. The van der Waals surface area contributed by atoms with Crippen molar-refractivity contribution in [1.82, 2.24) is 9.97 Å². The molecule has 0 saturated carbocycles. The Labute approximate surface area is 94.0 Å². The molecule has 0 radical (unpaired) electrons. The molecular weight excluding hydrogens is 242 g/mol. The molecule has 1 aromatic rings. The largest absolute Gasteiger partial charge is 0.433 e. The Kier molecular flexibility index (Phi) is 3.14. The molecule has 0 aromatic carbocycles. The molecule has 1 aliphatic heterocycles. The average molecular weight is 251 g/mol. The molecule has 0 spiro atoms. The van der Waals surface area contributed by atoms with Crippen molar-refractivity contribution in [3.63, 3.8) is 0 Å². The standard InChI is InChI=1S/C9H9F4N3O/c10-5-2-17-3-6(5)16-8-1-7(9(11,12)13)14-4-15-8/h1,4-6H,2-3H2,(H,14,15,16)/t5-,6-/m1/s1. The van der Waals surface area contributed by atoms with E-state index in [9.17, 15) is 17.6 Å². The summed E-state index contributed by atoms with van der Waals surface area (Å²) < 4.78 is 55.0. The molecule has 2 heterocycles. The molecule has 0 amide bonds. The van der Waals surface area contributed by atoms with Gasteiger partial charge in [-0.05, 0) is 0 Å². The Morgan fingerprint density at radius 2 is 2.06 bits per heavy atom. The highest BCUT2D eigenvalue weighted by Crippen LogP contribution is 2.28. The molecule has 1 aliphatic rings. The monoisotopic (exact) mass is 251 g/mol. The number of nitrogens with zero attached hydrogens (tertiary/aromatic N) is 2. The van der Waals surface area contributed by atoms with Crippen LogP contribution in [-0.2, 0) is 10.9 Å². The molecule has 17 heavy (non-hydrogen) atoms. The van der Waals surface area contributed by atoms with Crippen molar-refractivity contribution >= 4 is 5.82 Å². The van der Waals surface area contributed by atoms with Crippen LogP contribution in [-0.4, -0.2) is 35.4 Å². The van der Waals surface area contributed by atoms with Gasteiger partial charge in [0.2, 0.25) is 0 Å². The lowest BCUT2D eigenvalue weighted by Crippen LogP contribution is -2.29. The van der Waals surface area contributed by atoms with Gasteiger partial charge in [0.1, 0.15) is 24.0 Å². The molecule has 0 bridgehead atoms. The van der Waals surface area contributed by atoms with E-state index in [1.54, 1.807) is 0 Å². The van der Waals surface area contributed by atoms with E-state index in [1.165, 1.54) is 0 Å². The fourth-order valence-electron chi connectivity index (χ4n) is 1.44. The molecule has 4 nitrogen and oxygen atoms in total. The van der Waals surface area contributed by atoms with Crippen LogP contribution in [0, 0.1) is 0 Å². The van der Waals surface area contributed by atoms with Crippen molar-refractivity contribution in [3.8, 4) is 0 Å². The third kappa shape index (κ3) is 2.82. The number of halogens is 4. The molecule has 1 N–H and O–H groups in total. The van der Waals surface area contributed by atoms with E-state index >= 15 is 0 Å². The van der Waals surface area contributed by atoms with Gasteiger partial charge in [0.25, 0.3) is 0 Å². The van der Waals surface area contributed by atoms with Gasteiger partial charge in [-0.2, -0.15) is 13.2 Å². The smallest absolute Gasteiger partial charge is 0.376 e. The molecule has 2 atom stereocenters. The summed E-state index contributed by atoms with van der Waals surface area (Å²) in [4.78, 5) is 6.71. The first-order chi connectivity index (χ1) is 7.97. The Morgan fingerprint density at radius 1 is 1.29 bits per heavy atom. The zero-order chi connectivity index (χ0) is 12.5. The third-order valence-corrected chi connectivity index (χ3v) is 2.30. The van der Waals surface area contributed by atoms with E-state index < -0.39 is 24.1 Å². The van der Waals surface area contributed by atoms with Gasteiger partial charge in [0, 0.05) is 6.07 Å². The van der Waals surface area contributed by atoms with Gasteiger partial charge < -0.3 is 10.1 Å². The number of hydrogen-bond acceptors (Lipinski definition) is 4. The number of anilines is 1. The summed E-state index contributed by atoms with van der Waals surface area (Å²) in [7, 11) is 0. The van der Waals surface area contributed by atoms with E-state index in [0.29, 0.717) is 0 Å². The van der Waals surface area contributed by atoms with Crippen LogP contribution in [0.15, 0.2) is 12.4 Å². The van der Waals surface area contributed by atoms with Crippen LogP contribution in [0.4, 0.5) is 23.4 Å². The first-order valence-electron chi connectivity index (χ1n) is 4.84. The molecule has 0 aliphatic carbocycles. The molecule has 8 heteroatoms. The van der Waals surface area contributed by atoms with Gasteiger partial charge in [-0.25, -0.2) is 14.4 Å². The highest BCUT2D eigenvalue weighted by molar-refractivity contribution is 5.37. The van der Waals surface area contributed by atoms with Crippen LogP contribution in [0.5, 0.6) is 0 Å². The summed E-state index contributed by atoms with van der Waals surface area (Å²) in [6, 6.07) is 0.0661. The number of hydrogen-bond donors (Lipinski definition) is 1. The van der Waals surface area contributed by atoms with Crippen LogP contribution in [0.3, 0.4) is 0 Å². The highest BCUT2D eigenvalue weighted by Gasteiger charge is 2.33. The second-order valence-electron chi connectivity index (χ2n) is 3.59. The van der Waals surface area contributed by atoms with Crippen LogP contribution >= 0.6 is 0 Å². The zero-order valence-corrected chi connectivity index (χ0v) is 8.54. The fourth-order valence-corrected chi connectivity index (χ4v) is 1.44. The Hall–Kier alpha value is -1.44. The van der Waals surface area contributed by atoms with Gasteiger partial charge in [-0.1, -0.05) is 0 Å². The molecule has 1 fully saturated rings. The SMILES string of the molecule is F[C@@H]1COC[C@H]1Nc1cc(C(F)(F)F)ncn1. The number of alkyl halides is 4. The van der Waals surface area contributed by atoms with E-state index in [4.69, 9.17) is 4.74 Å². The number of aromatic nitrogens is 2. The Bertz CT molecular complexity index is 398. The summed E-state index contributed by atoms with van der Waals surface area (Å²) >= 11 is 0. The maximum absolute atomic E-state index is 13.2. The van der Waals surface area contributed by atoms with Crippen molar-refractivity contribution in [1.29, 1.82) is 0 Å². The summed E-state index contributed by atoms with van der Waals surface area (Å²) in [5.74, 6) is -0.0644. The molecule has 0 unspecified atom stereocenters. The average Bonchev–Trinajstić information content (AvgIpc) is 2.64. The molecule has 2 rings (SSSR count). The van der Waals surface area contributed by atoms with Crippen LogP contribution in [0.2, 0.25) is 0 Å². The van der Waals surface area contributed by atoms with Gasteiger partial charge in [-0.3, -0.25) is 0 Å². The normalized spacial score (nSPS) is 24.9. The molecule has 1 aromatic heterocycles. The maximum atomic E-state index is 13.2. The topological polar surface area (TPSA) is 47.0 Å². The van der Waals surface area contributed by atoms with Crippen LogP contribution in [0.25, 0.3) is 0 Å². The minimum absolute atomic E-state index is 0.0606. The summed E-state index contributed by atoms with van der Waals surface area (Å²) in [5, 5.41) is 2.55. The first-order valence-corrected chi connectivity index (χ1v) is 4.84. The maximum Gasteiger partial charge on any atom is 0.433 e. The third-order valence-electron chi connectivity index (χ3n) is 2.30. The lowest BCUT2D eigenvalue weighted by atomic mass is 10.2. The summed E-state index contributed by atoms with van der Waals surface area (Å²) in [5.41, 5.74) is -1.07. The molecular formula is C9H9F4N3O. The lowest BCUT2D eigenvalue weighted by Gasteiger charge is -2.14. The van der Waals surface area contributed by atoms with Crippen molar-refractivity contribution < 1.29 is 22.3 Å². The van der Waals surface area contributed by atoms with Crippen molar-refractivity contribution in [3.05, 3.63) is 18.1 Å². The fraction of sp³-hybridized carbons (Fsp3) is 0.556.